The van der Waals surface area contributed by atoms with Crippen molar-refractivity contribution in [2.75, 3.05) is 0 Å². The van der Waals surface area contributed by atoms with E-state index in [4.69, 9.17) is 10.2 Å². The molecule has 0 aromatic heterocycles. The highest BCUT2D eigenvalue weighted by molar-refractivity contribution is 5.72. The lowest BCUT2D eigenvalue weighted by Crippen LogP contribution is -2.25. The Morgan fingerprint density at radius 2 is 0.938 bits per heavy atom. The van der Waals surface area contributed by atoms with Crippen LogP contribution < -0.4 is 23.4 Å². The Morgan fingerprint density at radius 3 is 1.06 bits per heavy atom. The van der Waals surface area contributed by atoms with Crippen LogP contribution in [0.2, 0.25) is 0 Å². The van der Waals surface area contributed by atoms with Gasteiger partial charge >= 0.3 is 11.9 Å². The molecule has 1 rings (SSSR count). The van der Waals surface area contributed by atoms with Gasteiger partial charge in [-0.15, -0.1) is 0 Å². The van der Waals surface area contributed by atoms with E-state index in [1.165, 1.54) is 0 Å². The van der Waals surface area contributed by atoms with Gasteiger partial charge in [-0.1, -0.05) is 0 Å². The zero-order chi connectivity index (χ0) is 13.1. The molecule has 0 saturated heterocycles. The number of carboxylic acids is 2. The maximum absolute atomic E-state index is 10.5. The molecule has 16 heavy (non-hydrogen) atoms. The van der Waals surface area contributed by atoms with Crippen LogP contribution >= 0.6 is 0 Å². The molecular weight excluding hydrogens is 216 g/mol. The van der Waals surface area contributed by atoms with Crippen molar-refractivity contribution in [3.05, 3.63) is 0 Å². The van der Waals surface area contributed by atoms with Crippen molar-refractivity contribution in [3.8, 4) is 0 Å². The second kappa shape index (κ2) is 10.3. The zero-order valence-corrected chi connectivity index (χ0v) is 9.00. The summed E-state index contributed by atoms with van der Waals surface area (Å²) in [5.74, 6) is 13.8. The summed E-state index contributed by atoms with van der Waals surface area (Å²) in [5.41, 5.74) is 0. The van der Waals surface area contributed by atoms with E-state index in [1.54, 1.807) is 0 Å². The van der Waals surface area contributed by atoms with Crippen LogP contribution in [-0.2, 0) is 9.59 Å². The third-order valence-corrected chi connectivity index (χ3v) is 2.43. The SMILES string of the molecule is NN.NN.O=C(O)C1CCC(C(=O)O)CC1. The number of aliphatic carboxylic acids is 2. The summed E-state index contributed by atoms with van der Waals surface area (Å²) in [6, 6.07) is 0. The lowest BCUT2D eigenvalue weighted by molar-refractivity contribution is -0.148. The first-order valence-corrected chi connectivity index (χ1v) is 4.73. The lowest BCUT2D eigenvalue weighted by atomic mass is 9.82. The van der Waals surface area contributed by atoms with Crippen LogP contribution in [0.25, 0.3) is 0 Å². The molecule has 0 unspecified atom stereocenters. The minimum absolute atomic E-state index is 0.319. The molecule has 0 heterocycles. The molecule has 0 aromatic carbocycles. The number of rotatable bonds is 2. The van der Waals surface area contributed by atoms with Gasteiger partial charge in [-0.25, -0.2) is 0 Å². The first-order valence-electron chi connectivity index (χ1n) is 4.73. The van der Waals surface area contributed by atoms with E-state index in [0.29, 0.717) is 25.7 Å². The molecule has 0 atom stereocenters. The second-order valence-corrected chi connectivity index (χ2v) is 3.23. The Balaban J connectivity index is 0. The Bertz CT molecular complexity index is 182. The molecule has 0 spiro atoms. The smallest absolute Gasteiger partial charge is 0.306 e. The zero-order valence-electron chi connectivity index (χ0n) is 9.00. The van der Waals surface area contributed by atoms with Crippen molar-refractivity contribution in [3.63, 3.8) is 0 Å². The third kappa shape index (κ3) is 6.30. The molecule has 96 valence electrons. The van der Waals surface area contributed by atoms with Crippen molar-refractivity contribution in [1.29, 1.82) is 0 Å². The number of carboxylic acid groups (broad SMARTS) is 2. The summed E-state index contributed by atoms with van der Waals surface area (Å²) in [7, 11) is 0. The van der Waals surface area contributed by atoms with E-state index >= 15 is 0 Å². The Hall–Kier alpha value is -1.22. The summed E-state index contributed by atoms with van der Waals surface area (Å²) < 4.78 is 0. The van der Waals surface area contributed by atoms with E-state index in [9.17, 15) is 9.59 Å². The van der Waals surface area contributed by atoms with Crippen molar-refractivity contribution in [2.45, 2.75) is 25.7 Å². The second-order valence-electron chi connectivity index (χ2n) is 3.23. The Kier molecular flexibility index (Phi) is 11.1. The van der Waals surface area contributed by atoms with E-state index < -0.39 is 11.9 Å². The number of nitrogens with two attached hydrogens (primary N) is 4. The van der Waals surface area contributed by atoms with Gasteiger partial charge in [-0.05, 0) is 25.7 Å². The molecule has 1 aliphatic carbocycles. The van der Waals surface area contributed by atoms with Crippen LogP contribution in [0.1, 0.15) is 25.7 Å². The molecule has 0 amide bonds. The minimum Gasteiger partial charge on any atom is -0.481 e. The van der Waals surface area contributed by atoms with Gasteiger partial charge in [0, 0.05) is 0 Å². The highest BCUT2D eigenvalue weighted by Crippen LogP contribution is 2.28. The van der Waals surface area contributed by atoms with Crippen LogP contribution in [0.4, 0.5) is 0 Å². The van der Waals surface area contributed by atoms with Gasteiger partial charge in [-0.3, -0.25) is 33.0 Å². The van der Waals surface area contributed by atoms with Gasteiger partial charge in [0.2, 0.25) is 0 Å². The van der Waals surface area contributed by atoms with E-state index in [2.05, 4.69) is 23.4 Å². The molecule has 0 aromatic rings. The van der Waals surface area contributed by atoms with Crippen molar-refractivity contribution in [1.82, 2.24) is 0 Å². The standard InChI is InChI=1S/C8H12O4.2H4N2/c9-7(10)5-1-2-6(4-3-5)8(11)12;2*1-2/h5-6H,1-4H2,(H,9,10)(H,11,12);2*1-2H2. The fourth-order valence-electron chi connectivity index (χ4n) is 1.59. The van der Waals surface area contributed by atoms with Crippen LogP contribution in [-0.4, -0.2) is 22.2 Å². The quantitative estimate of drug-likeness (QED) is 0.250. The number of carbonyl (C=O) groups is 2. The minimum atomic E-state index is -0.793. The highest BCUT2D eigenvalue weighted by Gasteiger charge is 2.29. The van der Waals surface area contributed by atoms with Crippen LogP contribution in [0.5, 0.6) is 0 Å². The van der Waals surface area contributed by atoms with E-state index in [1.807, 2.05) is 0 Å². The number of hydrogen-bond donors (Lipinski definition) is 6. The number of hydrogen-bond acceptors (Lipinski definition) is 6. The molecule has 0 aliphatic heterocycles. The van der Waals surface area contributed by atoms with Crippen molar-refractivity contribution < 1.29 is 19.8 Å². The fraction of sp³-hybridized carbons (Fsp3) is 0.750. The van der Waals surface area contributed by atoms with Gasteiger partial charge in [0.1, 0.15) is 0 Å². The molecule has 1 fully saturated rings. The van der Waals surface area contributed by atoms with Gasteiger partial charge < -0.3 is 10.2 Å². The average molecular weight is 236 g/mol. The predicted molar refractivity (Wildman–Crippen MR) is 57.5 cm³/mol. The molecular formula is C8H20N4O4. The van der Waals surface area contributed by atoms with Crippen molar-refractivity contribution >= 4 is 11.9 Å². The summed E-state index contributed by atoms with van der Waals surface area (Å²) in [4.78, 5) is 21.0. The van der Waals surface area contributed by atoms with E-state index in [-0.39, 0.29) is 11.8 Å². The lowest BCUT2D eigenvalue weighted by Gasteiger charge is -2.22. The van der Waals surface area contributed by atoms with Gasteiger partial charge in [0.25, 0.3) is 0 Å². The van der Waals surface area contributed by atoms with Gasteiger partial charge in [0.15, 0.2) is 0 Å². The summed E-state index contributed by atoms with van der Waals surface area (Å²) in [6.07, 6.45) is 2.03. The number of hydrazine groups is 2. The van der Waals surface area contributed by atoms with Crippen LogP contribution in [0.15, 0.2) is 0 Å². The first kappa shape index (κ1) is 17.2. The van der Waals surface area contributed by atoms with Crippen molar-refractivity contribution in [2.24, 2.45) is 35.2 Å². The predicted octanol–water partition coefficient (Wildman–Crippen LogP) is -1.40. The van der Waals surface area contributed by atoms with Gasteiger partial charge in [0.05, 0.1) is 11.8 Å². The van der Waals surface area contributed by atoms with Crippen LogP contribution in [0, 0.1) is 11.8 Å². The summed E-state index contributed by atoms with van der Waals surface area (Å²) in [5, 5.41) is 17.2. The topological polar surface area (TPSA) is 179 Å². The highest BCUT2D eigenvalue weighted by atomic mass is 16.4. The average Bonchev–Trinajstić information content (AvgIpc) is 2.34. The monoisotopic (exact) mass is 236 g/mol. The maximum Gasteiger partial charge on any atom is 0.306 e. The molecule has 1 saturated carbocycles. The molecule has 0 bridgehead atoms. The molecule has 1 aliphatic rings. The third-order valence-electron chi connectivity index (χ3n) is 2.43. The summed E-state index contributed by atoms with van der Waals surface area (Å²) >= 11 is 0. The first-order chi connectivity index (χ1) is 7.61. The van der Waals surface area contributed by atoms with E-state index in [0.717, 1.165) is 0 Å². The fourth-order valence-corrected chi connectivity index (χ4v) is 1.59. The molecule has 8 nitrogen and oxygen atoms in total. The molecule has 10 N–H and O–H groups in total. The summed E-state index contributed by atoms with van der Waals surface area (Å²) in [6.45, 7) is 0. The Morgan fingerprint density at radius 1 is 0.750 bits per heavy atom. The van der Waals surface area contributed by atoms with Gasteiger partial charge in [-0.2, -0.15) is 0 Å². The normalized spacial score (nSPS) is 23.0. The Labute approximate surface area is 93.5 Å². The largest absolute Gasteiger partial charge is 0.481 e. The maximum atomic E-state index is 10.5. The van der Waals surface area contributed by atoms with Crippen LogP contribution in [0.3, 0.4) is 0 Å². The molecule has 8 heteroatoms. The molecule has 0 radical (unpaired) electrons.